The molecule has 0 radical (unpaired) electrons. The topological polar surface area (TPSA) is 77.7 Å². The lowest BCUT2D eigenvalue weighted by atomic mass is 9.99. The van der Waals surface area contributed by atoms with Gasteiger partial charge in [0, 0.05) is 53.2 Å². The quantitative estimate of drug-likeness (QED) is 0.282. The van der Waals surface area contributed by atoms with Gasteiger partial charge in [-0.1, -0.05) is 24.3 Å². The maximum Gasteiger partial charge on any atom is 0.229 e. The van der Waals surface area contributed by atoms with E-state index in [0.29, 0.717) is 28.3 Å². The van der Waals surface area contributed by atoms with Crippen LogP contribution < -0.4 is 16.0 Å². The molecule has 0 atom stereocenters. The van der Waals surface area contributed by atoms with Crippen molar-refractivity contribution >= 4 is 49.9 Å². The summed E-state index contributed by atoms with van der Waals surface area (Å²) in [7, 11) is 0. The average molecular weight is 493 g/mol. The number of benzene rings is 2. The van der Waals surface area contributed by atoms with Crippen LogP contribution in [0.3, 0.4) is 0 Å². The van der Waals surface area contributed by atoms with Crippen LogP contribution in [0.15, 0.2) is 65.4 Å². The Bertz CT molecular complexity index is 1300. The third-order valence-corrected chi connectivity index (χ3v) is 6.08. The normalized spacial score (nSPS) is 13.8. The highest BCUT2D eigenvalue weighted by atomic mass is 79.9. The van der Waals surface area contributed by atoms with Crippen LogP contribution in [0, 0.1) is 5.82 Å². The van der Waals surface area contributed by atoms with E-state index in [0.717, 1.165) is 36.1 Å². The molecule has 162 valence electrons. The third-order valence-electron chi connectivity index (χ3n) is 5.50. The van der Waals surface area contributed by atoms with Gasteiger partial charge in [-0.3, -0.25) is 0 Å². The molecule has 0 aliphatic carbocycles. The van der Waals surface area contributed by atoms with Gasteiger partial charge in [0.15, 0.2) is 0 Å². The van der Waals surface area contributed by atoms with Gasteiger partial charge in [-0.25, -0.2) is 9.37 Å². The molecule has 1 aliphatic heterocycles. The summed E-state index contributed by atoms with van der Waals surface area (Å²) in [5.41, 5.74) is 5.15. The van der Waals surface area contributed by atoms with Gasteiger partial charge in [0.2, 0.25) is 5.95 Å². The van der Waals surface area contributed by atoms with Crippen LogP contribution in [0.2, 0.25) is 0 Å². The van der Waals surface area contributed by atoms with Crippen molar-refractivity contribution in [1.29, 1.82) is 0 Å². The number of hydrogen-bond acceptors (Lipinski definition) is 5. The van der Waals surface area contributed by atoms with E-state index in [4.69, 9.17) is 0 Å². The molecule has 0 spiro atoms. The van der Waals surface area contributed by atoms with Crippen molar-refractivity contribution in [2.75, 3.05) is 23.7 Å². The highest BCUT2D eigenvalue weighted by Crippen LogP contribution is 2.31. The molecule has 0 saturated heterocycles. The number of rotatable bonds is 6. The first-order valence-electron chi connectivity index (χ1n) is 10.5. The number of nitrogens with one attached hydrogen (secondary N) is 4. The molecule has 2 aromatic heterocycles. The fourth-order valence-electron chi connectivity index (χ4n) is 3.83. The first-order valence-corrected chi connectivity index (χ1v) is 11.2. The van der Waals surface area contributed by atoms with E-state index < -0.39 is 0 Å². The maximum atomic E-state index is 13.9. The average Bonchev–Trinajstić information content (AvgIpc) is 3.24. The molecule has 6 nitrogen and oxygen atoms in total. The molecule has 5 rings (SSSR count). The van der Waals surface area contributed by atoms with E-state index in [1.807, 2.05) is 12.1 Å². The number of aromatic amines is 1. The van der Waals surface area contributed by atoms with Crippen LogP contribution in [0.4, 0.5) is 21.8 Å². The summed E-state index contributed by atoms with van der Waals surface area (Å²) in [5.74, 6) is 0.804. The second kappa shape index (κ2) is 9.10. The van der Waals surface area contributed by atoms with Crippen molar-refractivity contribution < 1.29 is 4.39 Å². The Morgan fingerprint density at radius 1 is 1.16 bits per heavy atom. The minimum atomic E-state index is -0.247. The summed E-state index contributed by atoms with van der Waals surface area (Å²) in [5, 5.41) is 11.0. The molecule has 4 N–H and O–H groups in total. The lowest BCUT2D eigenvalue weighted by Gasteiger charge is -2.14. The molecule has 3 heterocycles. The van der Waals surface area contributed by atoms with Gasteiger partial charge in [-0.15, -0.1) is 0 Å². The van der Waals surface area contributed by atoms with Crippen LogP contribution in [0.25, 0.3) is 16.5 Å². The summed E-state index contributed by atoms with van der Waals surface area (Å²) in [6.45, 7) is 2.21. The van der Waals surface area contributed by atoms with Crippen molar-refractivity contribution in [3.8, 4) is 0 Å². The Balaban J connectivity index is 1.37. The van der Waals surface area contributed by atoms with E-state index in [1.54, 1.807) is 18.3 Å². The maximum absolute atomic E-state index is 13.9. The molecular formula is C24H22BrFN6. The summed E-state index contributed by atoms with van der Waals surface area (Å²) in [6, 6.07) is 12.9. The molecule has 2 aromatic carbocycles. The number of aromatic nitrogens is 3. The number of hydrogen-bond donors (Lipinski definition) is 4. The Morgan fingerprint density at radius 2 is 2.06 bits per heavy atom. The van der Waals surface area contributed by atoms with Gasteiger partial charge >= 0.3 is 0 Å². The first kappa shape index (κ1) is 20.7. The predicted octanol–water partition coefficient (Wildman–Crippen LogP) is 5.59. The number of H-pyrrole nitrogens is 1. The molecule has 0 unspecified atom stereocenters. The van der Waals surface area contributed by atoms with Gasteiger partial charge in [-0.2, -0.15) is 4.98 Å². The van der Waals surface area contributed by atoms with Crippen LogP contribution in [0.1, 0.15) is 17.5 Å². The van der Waals surface area contributed by atoms with Crippen molar-refractivity contribution in [2.45, 2.75) is 13.0 Å². The molecule has 0 amide bonds. The smallest absolute Gasteiger partial charge is 0.229 e. The Hall–Kier alpha value is -3.23. The van der Waals surface area contributed by atoms with E-state index in [2.05, 4.69) is 71.2 Å². The predicted molar refractivity (Wildman–Crippen MR) is 131 cm³/mol. The highest BCUT2D eigenvalue weighted by molar-refractivity contribution is 9.10. The Kier molecular flexibility index (Phi) is 5.87. The van der Waals surface area contributed by atoms with Crippen LogP contribution in [-0.4, -0.2) is 28.0 Å². The van der Waals surface area contributed by atoms with Crippen molar-refractivity contribution in [3.63, 3.8) is 0 Å². The highest BCUT2D eigenvalue weighted by Gasteiger charge is 2.12. The minimum absolute atomic E-state index is 0.247. The van der Waals surface area contributed by atoms with Gasteiger partial charge in [0.05, 0.1) is 4.47 Å². The summed E-state index contributed by atoms with van der Waals surface area (Å²) >= 11 is 3.46. The molecular weight excluding hydrogens is 471 g/mol. The third kappa shape index (κ3) is 4.37. The van der Waals surface area contributed by atoms with Crippen LogP contribution in [0.5, 0.6) is 0 Å². The molecule has 0 saturated carbocycles. The summed E-state index contributed by atoms with van der Waals surface area (Å²) in [6.07, 6.45) is 7.01. The molecule has 0 fully saturated rings. The Morgan fingerprint density at radius 3 is 2.91 bits per heavy atom. The lowest BCUT2D eigenvalue weighted by Crippen LogP contribution is -2.19. The van der Waals surface area contributed by atoms with Gasteiger partial charge in [0.1, 0.15) is 11.6 Å². The molecule has 0 bridgehead atoms. The second-order valence-corrected chi connectivity index (χ2v) is 8.46. The van der Waals surface area contributed by atoms with E-state index in [9.17, 15) is 4.39 Å². The SMILES string of the molecule is Fc1ccccc1CNc1nc(Nc2ccc3[nH]cc(C4=CCNCC4)c3c2)ncc1Br. The van der Waals surface area contributed by atoms with E-state index in [-0.39, 0.29) is 5.82 Å². The fraction of sp³-hybridized carbons (Fsp3) is 0.167. The molecule has 32 heavy (non-hydrogen) atoms. The van der Waals surface area contributed by atoms with Crippen molar-refractivity contribution in [2.24, 2.45) is 0 Å². The van der Waals surface area contributed by atoms with E-state index in [1.165, 1.54) is 17.2 Å². The fourth-order valence-corrected chi connectivity index (χ4v) is 4.16. The number of anilines is 3. The zero-order valence-corrected chi connectivity index (χ0v) is 18.8. The van der Waals surface area contributed by atoms with Crippen LogP contribution in [-0.2, 0) is 6.54 Å². The molecule has 1 aliphatic rings. The van der Waals surface area contributed by atoms with Gasteiger partial charge in [0.25, 0.3) is 0 Å². The summed E-state index contributed by atoms with van der Waals surface area (Å²) in [4.78, 5) is 12.3. The van der Waals surface area contributed by atoms with Crippen molar-refractivity contribution in [1.82, 2.24) is 20.3 Å². The summed E-state index contributed by atoms with van der Waals surface area (Å²) < 4.78 is 14.6. The number of nitrogens with zero attached hydrogens (tertiary/aromatic N) is 2. The lowest BCUT2D eigenvalue weighted by molar-refractivity contribution is 0.613. The monoisotopic (exact) mass is 492 g/mol. The zero-order valence-electron chi connectivity index (χ0n) is 17.3. The minimum Gasteiger partial charge on any atom is -0.365 e. The second-order valence-electron chi connectivity index (χ2n) is 7.61. The van der Waals surface area contributed by atoms with E-state index >= 15 is 0 Å². The number of fused-ring (bicyclic) bond motifs is 1. The number of halogens is 2. The van der Waals surface area contributed by atoms with Crippen molar-refractivity contribution in [3.05, 3.63) is 82.4 Å². The van der Waals surface area contributed by atoms with Gasteiger partial charge in [-0.05, 0) is 58.7 Å². The zero-order chi connectivity index (χ0) is 21.9. The van der Waals surface area contributed by atoms with Gasteiger partial charge < -0.3 is 20.9 Å². The Labute approximate surface area is 193 Å². The largest absolute Gasteiger partial charge is 0.365 e. The standard InChI is InChI=1S/C24H22BrFN6/c25-20-14-30-24(32-23(20)29-12-16-3-1-2-4-21(16)26)31-17-5-6-22-18(11-17)19(13-28-22)15-7-9-27-10-8-15/h1-7,11,13-14,27-28H,8-10,12H2,(H2,29,30,31,32). The van der Waals surface area contributed by atoms with Crippen LogP contribution >= 0.6 is 15.9 Å². The molecule has 4 aromatic rings. The first-order chi connectivity index (χ1) is 15.7. The molecule has 8 heteroatoms.